The highest BCUT2D eigenvalue weighted by Crippen LogP contribution is 2.31. The maximum Gasteiger partial charge on any atom is 0.296 e. The Balaban J connectivity index is 1.98. The number of carbonyl (C=O) groups is 2. The molecule has 2 aromatic rings. The maximum absolute atomic E-state index is 11.6. The lowest BCUT2D eigenvalue weighted by molar-refractivity contribution is -0.112. The van der Waals surface area contributed by atoms with Crippen molar-refractivity contribution in [2.75, 3.05) is 17.3 Å². The van der Waals surface area contributed by atoms with Crippen LogP contribution in [0.25, 0.3) is 0 Å². The molecular formula is C16H14N2O2. The summed E-state index contributed by atoms with van der Waals surface area (Å²) in [6.45, 7) is 2.04. The van der Waals surface area contributed by atoms with Gasteiger partial charge in [-0.15, -0.1) is 0 Å². The second-order valence-electron chi connectivity index (χ2n) is 4.91. The Morgan fingerprint density at radius 1 is 1.00 bits per heavy atom. The van der Waals surface area contributed by atoms with Crippen LogP contribution in [0, 0.1) is 6.92 Å². The van der Waals surface area contributed by atoms with Gasteiger partial charge >= 0.3 is 0 Å². The molecule has 1 N–H and O–H groups in total. The molecule has 0 bridgehead atoms. The highest BCUT2D eigenvalue weighted by atomic mass is 16.2. The zero-order chi connectivity index (χ0) is 14.3. The highest BCUT2D eigenvalue weighted by molar-refractivity contribution is 6.51. The molecule has 0 unspecified atom stereocenters. The van der Waals surface area contributed by atoms with Crippen LogP contribution in [-0.4, -0.2) is 18.7 Å². The number of nitrogens with zero attached hydrogens (tertiary/aromatic N) is 1. The van der Waals surface area contributed by atoms with E-state index in [0.717, 1.165) is 11.4 Å². The molecule has 4 nitrogen and oxygen atoms in total. The summed E-state index contributed by atoms with van der Waals surface area (Å²) >= 11 is 0. The number of Topliss-reactive ketones (excluding diaryl/α,β-unsaturated/α-hetero) is 1. The summed E-state index contributed by atoms with van der Waals surface area (Å²) in [6.07, 6.45) is 0. The third kappa shape index (κ3) is 1.95. The fourth-order valence-corrected chi connectivity index (χ4v) is 2.33. The first-order chi connectivity index (χ1) is 9.56. The Hall–Kier alpha value is -2.62. The smallest absolute Gasteiger partial charge is 0.296 e. The molecule has 0 saturated heterocycles. The predicted molar refractivity (Wildman–Crippen MR) is 78.6 cm³/mol. The first-order valence-corrected chi connectivity index (χ1v) is 6.36. The van der Waals surface area contributed by atoms with E-state index >= 15 is 0 Å². The zero-order valence-corrected chi connectivity index (χ0v) is 11.3. The Morgan fingerprint density at radius 2 is 1.75 bits per heavy atom. The second kappa shape index (κ2) is 4.49. The molecule has 20 heavy (non-hydrogen) atoms. The van der Waals surface area contributed by atoms with Crippen LogP contribution in [0.3, 0.4) is 0 Å². The number of nitrogens with one attached hydrogen (secondary N) is 1. The van der Waals surface area contributed by atoms with Crippen molar-refractivity contribution in [1.29, 1.82) is 0 Å². The quantitative estimate of drug-likeness (QED) is 0.850. The average Bonchev–Trinajstić information content (AvgIpc) is 2.73. The van der Waals surface area contributed by atoms with E-state index in [9.17, 15) is 9.59 Å². The van der Waals surface area contributed by atoms with E-state index < -0.39 is 11.7 Å². The van der Waals surface area contributed by atoms with Gasteiger partial charge in [0.05, 0.1) is 11.3 Å². The molecule has 1 aliphatic rings. The standard InChI is InChI=1S/C16H14N2O2/c1-10-4-3-5-11(8-10)18(2)12-6-7-13-14(9-12)17-16(20)15(13)19/h3-9H,1-2H3,(H,17,19,20). The zero-order valence-electron chi connectivity index (χ0n) is 11.3. The third-order valence-electron chi connectivity index (χ3n) is 3.48. The first kappa shape index (κ1) is 12.4. The van der Waals surface area contributed by atoms with Gasteiger partial charge in [0, 0.05) is 18.4 Å². The summed E-state index contributed by atoms with van der Waals surface area (Å²) in [5, 5.41) is 2.59. The molecule has 0 atom stereocenters. The summed E-state index contributed by atoms with van der Waals surface area (Å²) in [5.74, 6) is -1.03. The number of amides is 1. The number of fused-ring (bicyclic) bond motifs is 1. The van der Waals surface area contributed by atoms with Crippen molar-refractivity contribution in [2.24, 2.45) is 0 Å². The molecule has 2 aromatic carbocycles. The van der Waals surface area contributed by atoms with Crippen molar-refractivity contribution in [2.45, 2.75) is 6.92 Å². The van der Waals surface area contributed by atoms with Gasteiger partial charge in [-0.25, -0.2) is 0 Å². The fourth-order valence-electron chi connectivity index (χ4n) is 2.33. The molecule has 3 rings (SSSR count). The molecule has 0 aliphatic carbocycles. The summed E-state index contributed by atoms with van der Waals surface area (Å²) < 4.78 is 0. The van der Waals surface area contributed by atoms with Crippen LogP contribution in [0.5, 0.6) is 0 Å². The molecule has 0 saturated carbocycles. The van der Waals surface area contributed by atoms with Gasteiger partial charge in [0.2, 0.25) is 0 Å². The molecule has 0 fully saturated rings. The van der Waals surface area contributed by atoms with Crippen molar-refractivity contribution >= 4 is 28.8 Å². The molecule has 1 aliphatic heterocycles. The maximum atomic E-state index is 11.6. The highest BCUT2D eigenvalue weighted by Gasteiger charge is 2.28. The third-order valence-corrected chi connectivity index (χ3v) is 3.48. The second-order valence-corrected chi connectivity index (χ2v) is 4.91. The van der Waals surface area contributed by atoms with Crippen LogP contribution in [0.4, 0.5) is 17.1 Å². The molecular weight excluding hydrogens is 252 g/mol. The van der Waals surface area contributed by atoms with E-state index in [-0.39, 0.29) is 0 Å². The molecule has 0 aromatic heterocycles. The van der Waals surface area contributed by atoms with Gasteiger partial charge in [-0.05, 0) is 42.8 Å². The number of carbonyl (C=O) groups excluding carboxylic acids is 2. The van der Waals surface area contributed by atoms with Crippen LogP contribution in [0.15, 0.2) is 42.5 Å². The van der Waals surface area contributed by atoms with E-state index in [0.29, 0.717) is 11.3 Å². The van der Waals surface area contributed by atoms with Crippen LogP contribution >= 0.6 is 0 Å². The van der Waals surface area contributed by atoms with Gasteiger partial charge in [-0.3, -0.25) is 9.59 Å². The van der Waals surface area contributed by atoms with E-state index in [4.69, 9.17) is 0 Å². The van der Waals surface area contributed by atoms with Crippen molar-refractivity contribution in [1.82, 2.24) is 0 Å². The molecule has 4 heteroatoms. The monoisotopic (exact) mass is 266 g/mol. The van der Waals surface area contributed by atoms with Crippen LogP contribution < -0.4 is 10.2 Å². The normalized spacial score (nSPS) is 13.1. The molecule has 0 radical (unpaired) electrons. The van der Waals surface area contributed by atoms with Crippen molar-refractivity contribution in [3.8, 4) is 0 Å². The number of rotatable bonds is 2. The number of benzene rings is 2. The largest absolute Gasteiger partial charge is 0.345 e. The summed E-state index contributed by atoms with van der Waals surface area (Å²) in [6, 6.07) is 13.5. The lowest BCUT2D eigenvalue weighted by atomic mass is 10.1. The minimum atomic E-state index is -0.560. The summed E-state index contributed by atoms with van der Waals surface area (Å²) in [7, 11) is 1.95. The van der Waals surface area contributed by atoms with Gasteiger partial charge in [0.1, 0.15) is 0 Å². The van der Waals surface area contributed by atoms with Crippen molar-refractivity contribution < 1.29 is 9.59 Å². The Labute approximate surface area is 117 Å². The lowest BCUT2D eigenvalue weighted by Crippen LogP contribution is -2.12. The minimum Gasteiger partial charge on any atom is -0.345 e. The number of ketones is 1. The first-order valence-electron chi connectivity index (χ1n) is 6.36. The molecule has 1 heterocycles. The van der Waals surface area contributed by atoms with E-state index in [1.807, 2.05) is 49.2 Å². The number of hydrogen-bond donors (Lipinski definition) is 1. The van der Waals surface area contributed by atoms with Crippen molar-refractivity contribution in [3.05, 3.63) is 53.6 Å². The molecule has 1 amide bonds. The van der Waals surface area contributed by atoms with Gasteiger partial charge in [0.25, 0.3) is 11.7 Å². The summed E-state index contributed by atoms with van der Waals surface area (Å²) in [4.78, 5) is 24.9. The lowest BCUT2D eigenvalue weighted by Gasteiger charge is -2.20. The topological polar surface area (TPSA) is 49.4 Å². The van der Waals surface area contributed by atoms with Gasteiger partial charge in [0.15, 0.2) is 0 Å². The molecule has 100 valence electrons. The van der Waals surface area contributed by atoms with Gasteiger partial charge in [-0.1, -0.05) is 12.1 Å². The van der Waals surface area contributed by atoms with Crippen LogP contribution in [0.1, 0.15) is 15.9 Å². The predicted octanol–water partition coefficient (Wildman–Crippen LogP) is 2.90. The fraction of sp³-hybridized carbons (Fsp3) is 0.125. The van der Waals surface area contributed by atoms with E-state index in [1.54, 1.807) is 6.07 Å². The SMILES string of the molecule is Cc1cccc(N(C)c2ccc3c(c2)NC(=O)C3=O)c1. The number of anilines is 3. The summed E-state index contributed by atoms with van der Waals surface area (Å²) in [5.41, 5.74) is 4.18. The Bertz CT molecular complexity index is 722. The average molecular weight is 266 g/mol. The van der Waals surface area contributed by atoms with Gasteiger partial charge < -0.3 is 10.2 Å². The molecule has 0 spiro atoms. The Morgan fingerprint density at radius 3 is 2.50 bits per heavy atom. The van der Waals surface area contributed by atoms with Crippen LogP contribution in [-0.2, 0) is 4.79 Å². The number of hydrogen-bond acceptors (Lipinski definition) is 3. The van der Waals surface area contributed by atoms with E-state index in [1.165, 1.54) is 5.56 Å². The minimum absolute atomic E-state index is 0.441. The number of aryl methyl sites for hydroxylation is 1. The van der Waals surface area contributed by atoms with Crippen LogP contribution in [0.2, 0.25) is 0 Å². The van der Waals surface area contributed by atoms with Gasteiger partial charge in [-0.2, -0.15) is 0 Å². The van der Waals surface area contributed by atoms with E-state index in [2.05, 4.69) is 11.4 Å². The van der Waals surface area contributed by atoms with Crippen molar-refractivity contribution in [3.63, 3.8) is 0 Å². The Kier molecular flexibility index (Phi) is 2.79.